The number of nitrogen functional groups attached to an aromatic ring is 1. The Hall–Kier alpha value is -2.44. The van der Waals surface area contributed by atoms with E-state index in [1.54, 1.807) is 0 Å². The quantitative estimate of drug-likeness (QED) is 0.788. The average Bonchev–Trinajstić information content (AvgIpc) is 2.69. The maximum absolute atomic E-state index is 12.2. The maximum atomic E-state index is 12.2. The number of carbonyl (C=O) groups excluding carboxylic acids is 1. The first kappa shape index (κ1) is 15.6. The average molecular weight is 291 g/mol. The number of halogens is 3. The summed E-state index contributed by atoms with van der Waals surface area (Å²) in [7, 11) is 1.07. The molecule has 0 amide bonds. The first-order chi connectivity index (χ1) is 9.30. The smallest absolute Gasteiger partial charge is 0.405 e. The number of carbonyl (C=O) groups is 1. The minimum atomic E-state index is -4.47. The highest BCUT2D eigenvalue weighted by Crippen LogP contribution is 2.24. The summed E-state index contributed by atoms with van der Waals surface area (Å²) in [5.41, 5.74) is 5.35. The summed E-state index contributed by atoms with van der Waals surface area (Å²) in [6.07, 6.45) is -4.43. The number of hydrogen-bond donors (Lipinski definition) is 2. The lowest BCUT2D eigenvalue weighted by atomic mass is 10.3. The highest BCUT2D eigenvalue weighted by Gasteiger charge is 2.30. The van der Waals surface area contributed by atoms with Crippen molar-refractivity contribution in [3.05, 3.63) is 5.56 Å². The minimum absolute atomic E-state index is 0.0468. The Morgan fingerprint density at radius 3 is 2.75 bits per heavy atom. The van der Waals surface area contributed by atoms with Crippen molar-refractivity contribution in [1.29, 1.82) is 5.26 Å². The van der Waals surface area contributed by atoms with E-state index in [2.05, 4.69) is 9.84 Å². The summed E-state index contributed by atoms with van der Waals surface area (Å²) >= 11 is 0. The molecule has 0 aromatic carbocycles. The van der Waals surface area contributed by atoms with Gasteiger partial charge in [0.05, 0.1) is 26.1 Å². The molecule has 1 heterocycles. The van der Waals surface area contributed by atoms with Gasteiger partial charge in [0, 0.05) is 0 Å². The molecule has 7 nitrogen and oxygen atoms in total. The molecule has 0 fully saturated rings. The van der Waals surface area contributed by atoms with Crippen molar-refractivity contribution < 1.29 is 22.7 Å². The third-order valence-corrected chi connectivity index (χ3v) is 2.27. The molecular weight excluding hydrogens is 279 g/mol. The normalized spacial score (nSPS) is 10.9. The van der Waals surface area contributed by atoms with E-state index in [1.807, 2.05) is 11.4 Å². The molecule has 10 heteroatoms. The van der Waals surface area contributed by atoms with Crippen LogP contribution in [0.15, 0.2) is 0 Å². The lowest BCUT2D eigenvalue weighted by Gasteiger charge is -2.08. The van der Waals surface area contributed by atoms with E-state index in [0.29, 0.717) is 0 Å². The fraction of sp³-hybridized carbons (Fsp3) is 0.500. The van der Waals surface area contributed by atoms with Gasteiger partial charge in [-0.1, -0.05) is 0 Å². The van der Waals surface area contributed by atoms with Crippen LogP contribution >= 0.6 is 0 Å². The van der Waals surface area contributed by atoms with Gasteiger partial charge in [-0.15, -0.1) is 0 Å². The fourth-order valence-corrected chi connectivity index (χ4v) is 1.41. The number of nitrogens with one attached hydrogen (secondary N) is 1. The molecule has 0 unspecified atom stereocenters. The monoisotopic (exact) mass is 291 g/mol. The molecule has 0 aliphatic carbocycles. The van der Waals surface area contributed by atoms with E-state index in [0.717, 1.165) is 11.8 Å². The van der Waals surface area contributed by atoms with Gasteiger partial charge in [0.1, 0.15) is 17.9 Å². The summed E-state index contributed by atoms with van der Waals surface area (Å²) in [5, 5.41) is 14.2. The SMILES string of the molecule is COC(=O)c1c(NCC(F)(F)F)nn(CCC#N)c1N. The van der Waals surface area contributed by atoms with Gasteiger partial charge < -0.3 is 15.8 Å². The second kappa shape index (κ2) is 6.14. The number of methoxy groups -OCH3 is 1. The van der Waals surface area contributed by atoms with Gasteiger partial charge in [0.25, 0.3) is 0 Å². The van der Waals surface area contributed by atoms with Crippen LogP contribution < -0.4 is 11.1 Å². The van der Waals surface area contributed by atoms with Gasteiger partial charge in [0.15, 0.2) is 5.82 Å². The third kappa shape index (κ3) is 3.78. The van der Waals surface area contributed by atoms with Gasteiger partial charge in [0.2, 0.25) is 0 Å². The van der Waals surface area contributed by atoms with Crippen LogP contribution in [-0.2, 0) is 11.3 Å². The molecule has 110 valence electrons. The predicted molar refractivity (Wildman–Crippen MR) is 62.8 cm³/mol. The number of nitrogens with zero attached hydrogens (tertiary/aromatic N) is 3. The zero-order valence-electron chi connectivity index (χ0n) is 10.5. The number of nitriles is 1. The molecule has 20 heavy (non-hydrogen) atoms. The Morgan fingerprint density at radius 1 is 1.60 bits per heavy atom. The van der Waals surface area contributed by atoms with Crippen LogP contribution in [0, 0.1) is 11.3 Å². The summed E-state index contributed by atoms with van der Waals surface area (Å²) < 4.78 is 42.1. The summed E-state index contributed by atoms with van der Waals surface area (Å²) in [4.78, 5) is 11.5. The molecule has 1 aromatic rings. The Balaban J connectivity index is 3.07. The largest absolute Gasteiger partial charge is 0.465 e. The molecule has 0 spiro atoms. The van der Waals surface area contributed by atoms with Crippen LogP contribution in [0.1, 0.15) is 16.8 Å². The van der Waals surface area contributed by atoms with Crippen molar-refractivity contribution in [2.24, 2.45) is 0 Å². The lowest BCUT2D eigenvalue weighted by Crippen LogP contribution is -2.22. The first-order valence-electron chi connectivity index (χ1n) is 5.42. The number of hydrogen-bond acceptors (Lipinski definition) is 6. The van der Waals surface area contributed by atoms with E-state index < -0.39 is 18.7 Å². The van der Waals surface area contributed by atoms with Crippen LogP contribution in [0.25, 0.3) is 0 Å². The number of aryl methyl sites for hydroxylation is 1. The van der Waals surface area contributed by atoms with Gasteiger partial charge in [-0.3, -0.25) is 0 Å². The van der Waals surface area contributed by atoms with Crippen LogP contribution in [-0.4, -0.2) is 35.6 Å². The van der Waals surface area contributed by atoms with Gasteiger partial charge in [-0.2, -0.15) is 23.5 Å². The maximum Gasteiger partial charge on any atom is 0.405 e. The second-order valence-corrected chi connectivity index (χ2v) is 3.70. The van der Waals surface area contributed by atoms with Crippen molar-refractivity contribution in [1.82, 2.24) is 9.78 Å². The molecule has 0 saturated heterocycles. The molecule has 3 N–H and O–H groups in total. The van der Waals surface area contributed by atoms with Crippen molar-refractivity contribution in [3.8, 4) is 6.07 Å². The van der Waals surface area contributed by atoms with E-state index in [9.17, 15) is 18.0 Å². The highest BCUT2D eigenvalue weighted by atomic mass is 19.4. The molecule has 0 aliphatic heterocycles. The molecule has 1 rings (SSSR count). The zero-order valence-corrected chi connectivity index (χ0v) is 10.5. The van der Waals surface area contributed by atoms with Gasteiger partial charge in [-0.25, -0.2) is 9.48 Å². The van der Waals surface area contributed by atoms with Gasteiger partial charge >= 0.3 is 12.1 Å². The Morgan fingerprint density at radius 2 is 2.25 bits per heavy atom. The number of ether oxygens (including phenoxy) is 1. The highest BCUT2D eigenvalue weighted by molar-refractivity contribution is 5.99. The van der Waals surface area contributed by atoms with Crippen LogP contribution in [0.5, 0.6) is 0 Å². The number of aromatic nitrogens is 2. The van der Waals surface area contributed by atoms with E-state index >= 15 is 0 Å². The van der Waals surface area contributed by atoms with Crippen LogP contribution in [0.3, 0.4) is 0 Å². The van der Waals surface area contributed by atoms with E-state index in [1.165, 1.54) is 0 Å². The first-order valence-corrected chi connectivity index (χ1v) is 5.42. The molecule has 1 aromatic heterocycles. The van der Waals surface area contributed by atoms with E-state index in [-0.39, 0.29) is 30.2 Å². The van der Waals surface area contributed by atoms with Crippen molar-refractivity contribution >= 4 is 17.6 Å². The topological polar surface area (TPSA) is 106 Å². The van der Waals surface area contributed by atoms with Crippen LogP contribution in [0.2, 0.25) is 0 Å². The fourth-order valence-electron chi connectivity index (χ4n) is 1.41. The number of nitrogens with two attached hydrogens (primary N) is 1. The molecule has 0 atom stereocenters. The zero-order chi connectivity index (χ0) is 15.3. The molecule has 0 saturated carbocycles. The predicted octanol–water partition coefficient (Wildman–Crippen LogP) is 1.14. The van der Waals surface area contributed by atoms with Crippen molar-refractivity contribution in [2.45, 2.75) is 19.1 Å². The Bertz CT molecular complexity index is 532. The Labute approximate surface area is 112 Å². The molecule has 0 radical (unpaired) electrons. The van der Waals surface area contributed by atoms with Gasteiger partial charge in [-0.05, 0) is 0 Å². The van der Waals surface area contributed by atoms with Crippen molar-refractivity contribution in [2.75, 3.05) is 24.7 Å². The molecule has 0 bridgehead atoms. The summed E-state index contributed by atoms with van der Waals surface area (Å²) in [6.45, 7) is -1.31. The number of anilines is 2. The summed E-state index contributed by atoms with van der Waals surface area (Å²) in [6, 6.07) is 1.84. The standard InChI is InChI=1S/C10H12F3N5O2/c1-20-9(19)6-7(15)18(4-2-3-14)17-8(6)16-5-10(11,12)13/h2,4-5,15H2,1H3,(H,16,17). The lowest BCUT2D eigenvalue weighted by molar-refractivity contribution is -0.115. The third-order valence-electron chi connectivity index (χ3n) is 2.27. The summed E-state index contributed by atoms with van der Waals surface area (Å²) in [5.74, 6) is -1.39. The number of rotatable bonds is 5. The molecule has 0 aliphatic rings. The molecular formula is C10H12F3N5O2. The number of esters is 1. The number of alkyl halides is 3. The van der Waals surface area contributed by atoms with E-state index in [4.69, 9.17) is 11.0 Å². The second-order valence-electron chi connectivity index (χ2n) is 3.70. The van der Waals surface area contributed by atoms with Crippen molar-refractivity contribution in [3.63, 3.8) is 0 Å². The minimum Gasteiger partial charge on any atom is -0.465 e. The Kier molecular flexibility index (Phi) is 4.79. The van der Waals surface area contributed by atoms with Crippen LogP contribution in [0.4, 0.5) is 24.8 Å².